The van der Waals surface area contributed by atoms with E-state index in [0.29, 0.717) is 35.4 Å². The summed E-state index contributed by atoms with van der Waals surface area (Å²) in [5.74, 6) is 0.374. The fourth-order valence-electron chi connectivity index (χ4n) is 2.50. The summed E-state index contributed by atoms with van der Waals surface area (Å²) in [5, 5.41) is 3.25. The largest absolute Gasteiger partial charge is 0.486 e. The van der Waals surface area contributed by atoms with Gasteiger partial charge in [-0.1, -0.05) is 23.2 Å². The van der Waals surface area contributed by atoms with Crippen LogP contribution in [-0.2, 0) is 14.8 Å². The zero-order chi connectivity index (χ0) is 19.6. The molecule has 0 spiro atoms. The Kier molecular flexibility index (Phi) is 5.69. The summed E-state index contributed by atoms with van der Waals surface area (Å²) in [7, 11) is -3.73. The Labute approximate surface area is 166 Å². The first-order valence-electron chi connectivity index (χ1n) is 7.86. The predicted molar refractivity (Wildman–Crippen MR) is 105 cm³/mol. The molecule has 0 aromatic heterocycles. The van der Waals surface area contributed by atoms with E-state index in [0.717, 1.165) is 10.6 Å². The lowest BCUT2D eigenvalue weighted by Gasteiger charge is -2.24. The standard InChI is InChI=1S/C17H16Cl2N2O5S/c1-27(23,24)21(12-3-5-15-16(9-12)26-7-6-25-15)10-17(22)20-14-8-11(18)2-4-13(14)19/h2-5,8-9H,6-7,10H2,1H3,(H,20,22). The molecule has 0 saturated heterocycles. The van der Waals surface area contributed by atoms with E-state index in [-0.39, 0.29) is 10.7 Å². The number of benzene rings is 2. The van der Waals surface area contributed by atoms with Crippen LogP contribution in [0.1, 0.15) is 0 Å². The molecule has 0 unspecified atom stereocenters. The van der Waals surface area contributed by atoms with Crippen LogP contribution in [0.5, 0.6) is 11.5 Å². The highest BCUT2D eigenvalue weighted by Gasteiger charge is 2.23. The molecule has 1 aliphatic heterocycles. The molecular weight excluding hydrogens is 415 g/mol. The maximum atomic E-state index is 12.4. The van der Waals surface area contributed by atoms with Gasteiger partial charge in [-0.3, -0.25) is 9.10 Å². The van der Waals surface area contributed by atoms with Gasteiger partial charge in [-0.25, -0.2) is 8.42 Å². The van der Waals surface area contributed by atoms with Crippen LogP contribution in [0.25, 0.3) is 0 Å². The molecule has 3 rings (SSSR count). The molecule has 1 heterocycles. The van der Waals surface area contributed by atoms with Gasteiger partial charge in [-0.15, -0.1) is 0 Å². The first-order chi connectivity index (χ1) is 12.7. The summed E-state index contributed by atoms with van der Waals surface area (Å²) < 4.78 is 36.3. The van der Waals surface area contributed by atoms with Crippen LogP contribution < -0.4 is 19.1 Å². The van der Waals surface area contributed by atoms with Crippen molar-refractivity contribution in [2.24, 2.45) is 0 Å². The van der Waals surface area contributed by atoms with Crippen molar-refractivity contribution < 1.29 is 22.7 Å². The summed E-state index contributed by atoms with van der Waals surface area (Å²) in [4.78, 5) is 12.4. The molecule has 0 aliphatic carbocycles. The number of amides is 1. The van der Waals surface area contributed by atoms with Crippen LogP contribution in [0.3, 0.4) is 0 Å². The van der Waals surface area contributed by atoms with Crippen molar-refractivity contribution in [2.45, 2.75) is 0 Å². The van der Waals surface area contributed by atoms with Crippen molar-refractivity contribution in [1.82, 2.24) is 0 Å². The first-order valence-corrected chi connectivity index (χ1v) is 10.5. The molecule has 27 heavy (non-hydrogen) atoms. The molecule has 0 bridgehead atoms. The number of rotatable bonds is 5. The summed E-state index contributed by atoms with van der Waals surface area (Å²) in [6, 6.07) is 9.28. The number of fused-ring (bicyclic) bond motifs is 1. The quantitative estimate of drug-likeness (QED) is 0.786. The Hall–Kier alpha value is -2.16. The monoisotopic (exact) mass is 430 g/mol. The van der Waals surface area contributed by atoms with E-state index in [4.69, 9.17) is 32.7 Å². The number of hydrogen-bond donors (Lipinski definition) is 1. The van der Waals surface area contributed by atoms with Gasteiger partial charge in [0.05, 0.1) is 22.7 Å². The number of nitrogens with zero attached hydrogens (tertiary/aromatic N) is 1. The minimum Gasteiger partial charge on any atom is -0.486 e. The molecule has 1 N–H and O–H groups in total. The van der Waals surface area contributed by atoms with E-state index in [1.54, 1.807) is 18.2 Å². The second kappa shape index (κ2) is 7.84. The molecule has 0 fully saturated rings. The van der Waals surface area contributed by atoms with Crippen LogP contribution in [0.2, 0.25) is 10.0 Å². The summed E-state index contributed by atoms with van der Waals surface area (Å²) >= 11 is 11.9. The van der Waals surface area contributed by atoms with E-state index in [1.807, 2.05) is 0 Å². The van der Waals surface area contributed by atoms with Gasteiger partial charge in [0.1, 0.15) is 19.8 Å². The highest BCUT2D eigenvalue weighted by molar-refractivity contribution is 7.92. The van der Waals surface area contributed by atoms with Gasteiger partial charge in [0.15, 0.2) is 11.5 Å². The second-order valence-electron chi connectivity index (χ2n) is 5.77. The third-order valence-electron chi connectivity index (χ3n) is 3.70. The number of carbonyl (C=O) groups is 1. The van der Waals surface area contributed by atoms with Gasteiger partial charge in [-0.05, 0) is 30.3 Å². The highest BCUT2D eigenvalue weighted by atomic mass is 35.5. The van der Waals surface area contributed by atoms with Gasteiger partial charge >= 0.3 is 0 Å². The van der Waals surface area contributed by atoms with Crippen LogP contribution >= 0.6 is 23.2 Å². The summed E-state index contributed by atoms with van der Waals surface area (Å²) in [6.07, 6.45) is 1.02. The second-order valence-corrected chi connectivity index (χ2v) is 8.52. The normalized spacial score (nSPS) is 13.1. The molecule has 10 heteroatoms. The van der Waals surface area contributed by atoms with Gasteiger partial charge < -0.3 is 14.8 Å². The Bertz CT molecular complexity index is 981. The molecule has 2 aromatic carbocycles. The summed E-state index contributed by atoms with van der Waals surface area (Å²) in [5.41, 5.74) is 0.582. The Balaban J connectivity index is 1.84. The predicted octanol–water partition coefficient (Wildman–Crippen LogP) is 3.17. The number of hydrogen-bond acceptors (Lipinski definition) is 5. The van der Waals surface area contributed by atoms with Crippen LogP contribution in [0.4, 0.5) is 11.4 Å². The Morgan fingerprint density at radius 2 is 1.81 bits per heavy atom. The van der Waals surface area contributed by atoms with Crippen LogP contribution in [-0.4, -0.2) is 40.3 Å². The number of halogens is 2. The first kappa shape index (κ1) is 19.6. The molecular formula is C17H16Cl2N2O5S. The SMILES string of the molecule is CS(=O)(=O)N(CC(=O)Nc1cc(Cl)ccc1Cl)c1ccc2c(c1)OCCO2. The average Bonchev–Trinajstić information content (AvgIpc) is 2.61. The van der Waals surface area contributed by atoms with E-state index < -0.39 is 22.5 Å². The maximum absolute atomic E-state index is 12.4. The molecule has 144 valence electrons. The van der Waals surface area contributed by atoms with Crippen molar-refractivity contribution in [2.75, 3.05) is 35.6 Å². The summed E-state index contributed by atoms with van der Waals surface area (Å²) in [6.45, 7) is 0.343. The fourth-order valence-corrected chi connectivity index (χ4v) is 3.69. The molecule has 0 radical (unpaired) electrons. The van der Waals surface area contributed by atoms with Crippen molar-refractivity contribution >= 4 is 50.5 Å². The van der Waals surface area contributed by atoms with Crippen molar-refractivity contribution in [3.63, 3.8) is 0 Å². The number of carbonyl (C=O) groups excluding carboxylic acids is 1. The van der Waals surface area contributed by atoms with E-state index in [1.165, 1.54) is 18.2 Å². The number of ether oxygens (including phenoxy) is 2. The lowest BCUT2D eigenvalue weighted by Crippen LogP contribution is -2.37. The van der Waals surface area contributed by atoms with Crippen molar-refractivity contribution in [3.05, 3.63) is 46.4 Å². The molecule has 1 aliphatic rings. The third-order valence-corrected chi connectivity index (χ3v) is 5.41. The lowest BCUT2D eigenvalue weighted by molar-refractivity contribution is -0.114. The smallest absolute Gasteiger partial charge is 0.245 e. The van der Waals surface area contributed by atoms with Crippen LogP contribution in [0.15, 0.2) is 36.4 Å². The number of sulfonamides is 1. The van der Waals surface area contributed by atoms with E-state index in [9.17, 15) is 13.2 Å². The lowest BCUT2D eigenvalue weighted by atomic mass is 10.2. The van der Waals surface area contributed by atoms with Crippen molar-refractivity contribution in [3.8, 4) is 11.5 Å². The zero-order valence-corrected chi connectivity index (χ0v) is 16.6. The Morgan fingerprint density at radius 3 is 2.52 bits per heavy atom. The minimum atomic E-state index is -3.73. The maximum Gasteiger partial charge on any atom is 0.245 e. The number of nitrogens with one attached hydrogen (secondary N) is 1. The fraction of sp³-hybridized carbons (Fsp3) is 0.235. The zero-order valence-electron chi connectivity index (χ0n) is 14.2. The molecule has 7 nitrogen and oxygen atoms in total. The van der Waals surface area contributed by atoms with Gasteiger partial charge in [-0.2, -0.15) is 0 Å². The van der Waals surface area contributed by atoms with Gasteiger partial charge in [0.25, 0.3) is 0 Å². The van der Waals surface area contributed by atoms with E-state index in [2.05, 4.69) is 5.32 Å². The van der Waals surface area contributed by atoms with Gasteiger partial charge in [0, 0.05) is 11.1 Å². The third kappa shape index (κ3) is 4.77. The average molecular weight is 431 g/mol. The van der Waals surface area contributed by atoms with Crippen molar-refractivity contribution in [1.29, 1.82) is 0 Å². The molecule has 2 aromatic rings. The molecule has 0 saturated carbocycles. The van der Waals surface area contributed by atoms with Gasteiger partial charge in [0.2, 0.25) is 15.9 Å². The van der Waals surface area contributed by atoms with Crippen LogP contribution in [0, 0.1) is 0 Å². The van der Waals surface area contributed by atoms with E-state index >= 15 is 0 Å². The number of anilines is 2. The topological polar surface area (TPSA) is 84.9 Å². The Morgan fingerprint density at radius 1 is 1.11 bits per heavy atom. The molecule has 1 amide bonds. The highest BCUT2D eigenvalue weighted by Crippen LogP contribution is 2.34. The minimum absolute atomic E-state index is 0.286. The molecule has 0 atom stereocenters.